The van der Waals surface area contributed by atoms with Crippen LogP contribution in [-0.4, -0.2) is 11.7 Å². The van der Waals surface area contributed by atoms with E-state index in [0.717, 1.165) is 24.2 Å². The lowest BCUT2D eigenvalue weighted by Gasteiger charge is -2.11. The highest BCUT2D eigenvalue weighted by atomic mass is 16.5. The van der Waals surface area contributed by atoms with Crippen molar-refractivity contribution >= 4 is 0 Å². The Bertz CT molecular complexity index is 506. The molecule has 0 unspecified atom stereocenters. The molecule has 0 bridgehead atoms. The van der Waals surface area contributed by atoms with Crippen molar-refractivity contribution in [3.8, 4) is 5.75 Å². The van der Waals surface area contributed by atoms with E-state index >= 15 is 0 Å². The summed E-state index contributed by atoms with van der Waals surface area (Å²) in [5.74, 6) is 0.930. The van der Waals surface area contributed by atoms with Gasteiger partial charge in [-0.05, 0) is 42.5 Å². The van der Waals surface area contributed by atoms with Gasteiger partial charge in [-0.1, -0.05) is 42.5 Å². The summed E-state index contributed by atoms with van der Waals surface area (Å²) in [7, 11) is 0. The van der Waals surface area contributed by atoms with Gasteiger partial charge < -0.3 is 9.84 Å². The summed E-state index contributed by atoms with van der Waals surface area (Å²) in [6.07, 6.45) is 1.68. The quantitative estimate of drug-likeness (QED) is 0.857. The summed E-state index contributed by atoms with van der Waals surface area (Å²) >= 11 is 0. The number of hydrogen-bond acceptors (Lipinski definition) is 2. The zero-order chi connectivity index (χ0) is 13.5. The molecular weight excluding hydrogens is 236 g/mol. The number of rotatable bonds is 6. The molecule has 2 rings (SSSR count). The van der Waals surface area contributed by atoms with E-state index in [9.17, 15) is 0 Å². The third kappa shape index (κ3) is 4.11. The lowest BCUT2D eigenvalue weighted by atomic mass is 10.1. The third-order valence-corrected chi connectivity index (χ3v) is 3.11. The number of benzene rings is 2. The van der Waals surface area contributed by atoms with Crippen LogP contribution in [0.15, 0.2) is 48.5 Å². The first-order valence-electron chi connectivity index (χ1n) is 6.66. The highest BCUT2D eigenvalue weighted by molar-refractivity contribution is 5.37. The second-order valence-corrected chi connectivity index (χ2v) is 4.70. The maximum absolute atomic E-state index is 8.87. The normalized spacial score (nSPS) is 10.4. The van der Waals surface area contributed by atoms with Crippen LogP contribution in [0.1, 0.15) is 23.1 Å². The molecule has 0 aliphatic carbocycles. The van der Waals surface area contributed by atoms with Crippen molar-refractivity contribution in [2.45, 2.75) is 26.4 Å². The summed E-state index contributed by atoms with van der Waals surface area (Å²) in [6.45, 7) is 2.87. The molecule has 0 aliphatic rings. The monoisotopic (exact) mass is 256 g/mol. The van der Waals surface area contributed by atoms with Crippen LogP contribution in [0.5, 0.6) is 5.75 Å². The van der Waals surface area contributed by atoms with Gasteiger partial charge in [-0.25, -0.2) is 0 Å². The van der Waals surface area contributed by atoms with Crippen molar-refractivity contribution in [2.75, 3.05) is 6.61 Å². The second-order valence-electron chi connectivity index (χ2n) is 4.70. The van der Waals surface area contributed by atoms with Gasteiger partial charge in [0, 0.05) is 6.61 Å². The van der Waals surface area contributed by atoms with Crippen LogP contribution >= 0.6 is 0 Å². The van der Waals surface area contributed by atoms with Crippen molar-refractivity contribution in [1.29, 1.82) is 0 Å². The van der Waals surface area contributed by atoms with Gasteiger partial charge in [0.15, 0.2) is 0 Å². The van der Waals surface area contributed by atoms with Gasteiger partial charge in [0.05, 0.1) is 0 Å². The Morgan fingerprint density at radius 1 is 1.00 bits per heavy atom. The molecule has 2 heteroatoms. The summed E-state index contributed by atoms with van der Waals surface area (Å²) in [4.78, 5) is 0. The van der Waals surface area contributed by atoms with Crippen molar-refractivity contribution in [3.05, 3.63) is 65.2 Å². The standard InChI is InChI=1S/C17H20O2/c1-14-9-10-15(8-5-11-18)12-17(14)19-13-16-6-3-2-4-7-16/h2-4,6-7,9-10,12,18H,5,8,11,13H2,1H3. The highest BCUT2D eigenvalue weighted by Crippen LogP contribution is 2.21. The molecule has 0 atom stereocenters. The number of hydrogen-bond donors (Lipinski definition) is 1. The minimum Gasteiger partial charge on any atom is -0.489 e. The third-order valence-electron chi connectivity index (χ3n) is 3.11. The average Bonchev–Trinajstić information content (AvgIpc) is 2.46. The van der Waals surface area contributed by atoms with Gasteiger partial charge in [0.25, 0.3) is 0 Å². The first-order valence-corrected chi connectivity index (χ1v) is 6.66. The van der Waals surface area contributed by atoms with Gasteiger partial charge in [0.1, 0.15) is 12.4 Å². The Morgan fingerprint density at radius 3 is 2.53 bits per heavy atom. The largest absolute Gasteiger partial charge is 0.489 e. The second kappa shape index (κ2) is 6.95. The van der Waals surface area contributed by atoms with Crippen LogP contribution in [0.2, 0.25) is 0 Å². The fraction of sp³-hybridized carbons (Fsp3) is 0.294. The number of aryl methyl sites for hydroxylation is 2. The van der Waals surface area contributed by atoms with Crippen LogP contribution in [0.3, 0.4) is 0 Å². The Morgan fingerprint density at radius 2 is 1.79 bits per heavy atom. The minimum absolute atomic E-state index is 0.230. The van der Waals surface area contributed by atoms with Crippen LogP contribution in [0.4, 0.5) is 0 Å². The Hall–Kier alpha value is -1.80. The van der Waals surface area contributed by atoms with Gasteiger partial charge in [0.2, 0.25) is 0 Å². The number of aliphatic hydroxyl groups excluding tert-OH is 1. The SMILES string of the molecule is Cc1ccc(CCCO)cc1OCc1ccccc1. The molecule has 19 heavy (non-hydrogen) atoms. The fourth-order valence-electron chi connectivity index (χ4n) is 1.97. The predicted octanol–water partition coefficient (Wildman–Crippen LogP) is 3.50. The summed E-state index contributed by atoms with van der Waals surface area (Å²) in [5, 5.41) is 8.87. The van der Waals surface area contributed by atoms with Gasteiger partial charge in [-0.15, -0.1) is 0 Å². The molecule has 0 aliphatic heterocycles. The average molecular weight is 256 g/mol. The Kier molecular flexibility index (Phi) is 4.99. The maximum Gasteiger partial charge on any atom is 0.122 e. The van der Waals surface area contributed by atoms with Crippen molar-refractivity contribution < 1.29 is 9.84 Å². The number of ether oxygens (including phenoxy) is 1. The van der Waals surface area contributed by atoms with Crippen molar-refractivity contribution in [3.63, 3.8) is 0 Å². The van der Waals surface area contributed by atoms with Crippen molar-refractivity contribution in [2.24, 2.45) is 0 Å². The van der Waals surface area contributed by atoms with E-state index in [-0.39, 0.29) is 6.61 Å². The zero-order valence-electron chi connectivity index (χ0n) is 11.3. The van der Waals surface area contributed by atoms with Crippen molar-refractivity contribution in [1.82, 2.24) is 0 Å². The van der Waals surface area contributed by atoms with E-state index in [1.54, 1.807) is 0 Å². The van der Waals surface area contributed by atoms with E-state index in [4.69, 9.17) is 9.84 Å². The highest BCUT2D eigenvalue weighted by Gasteiger charge is 2.02. The molecule has 2 aromatic carbocycles. The predicted molar refractivity (Wildman–Crippen MR) is 77.4 cm³/mol. The molecule has 0 fully saturated rings. The molecule has 0 saturated carbocycles. The lowest BCUT2D eigenvalue weighted by molar-refractivity contribution is 0.288. The van der Waals surface area contributed by atoms with Gasteiger partial charge >= 0.3 is 0 Å². The van der Waals surface area contributed by atoms with E-state index in [1.807, 2.05) is 18.2 Å². The van der Waals surface area contributed by atoms with E-state index in [2.05, 4.69) is 37.3 Å². The zero-order valence-corrected chi connectivity index (χ0v) is 11.3. The molecule has 1 N–H and O–H groups in total. The van der Waals surface area contributed by atoms with E-state index in [0.29, 0.717) is 6.61 Å². The Balaban J connectivity index is 2.02. The van der Waals surface area contributed by atoms with Crippen LogP contribution in [-0.2, 0) is 13.0 Å². The molecule has 0 radical (unpaired) electrons. The van der Waals surface area contributed by atoms with Gasteiger partial charge in [-0.2, -0.15) is 0 Å². The molecule has 0 heterocycles. The van der Waals surface area contributed by atoms with Crippen LogP contribution in [0, 0.1) is 6.92 Å². The topological polar surface area (TPSA) is 29.5 Å². The molecule has 2 aromatic rings. The molecule has 0 saturated heterocycles. The fourth-order valence-corrected chi connectivity index (χ4v) is 1.97. The molecule has 0 amide bonds. The Labute approximate surface area is 114 Å². The van der Waals surface area contributed by atoms with E-state index in [1.165, 1.54) is 11.1 Å². The van der Waals surface area contributed by atoms with E-state index < -0.39 is 0 Å². The first-order chi connectivity index (χ1) is 9.29. The summed E-state index contributed by atoms with van der Waals surface area (Å²) in [5.41, 5.74) is 3.52. The molecule has 2 nitrogen and oxygen atoms in total. The maximum atomic E-state index is 8.87. The molecule has 0 spiro atoms. The number of aliphatic hydroxyl groups is 1. The molecule has 0 aromatic heterocycles. The summed E-state index contributed by atoms with van der Waals surface area (Å²) < 4.78 is 5.88. The van der Waals surface area contributed by atoms with Crippen LogP contribution in [0.25, 0.3) is 0 Å². The summed E-state index contributed by atoms with van der Waals surface area (Å²) in [6, 6.07) is 16.4. The lowest BCUT2D eigenvalue weighted by Crippen LogP contribution is -1.98. The van der Waals surface area contributed by atoms with Crippen LogP contribution < -0.4 is 4.74 Å². The first kappa shape index (κ1) is 13.6. The van der Waals surface area contributed by atoms with Gasteiger partial charge in [-0.3, -0.25) is 0 Å². The smallest absolute Gasteiger partial charge is 0.122 e. The molecule has 100 valence electrons. The minimum atomic E-state index is 0.230. The molecular formula is C17H20O2.